The predicted octanol–water partition coefficient (Wildman–Crippen LogP) is -0.332. The molecule has 0 aliphatic carbocycles. The van der Waals surface area contributed by atoms with E-state index in [-0.39, 0.29) is 11.9 Å². The van der Waals surface area contributed by atoms with Crippen molar-refractivity contribution in [1.29, 1.82) is 0 Å². The summed E-state index contributed by atoms with van der Waals surface area (Å²) >= 11 is 0. The summed E-state index contributed by atoms with van der Waals surface area (Å²) < 4.78 is 0. The van der Waals surface area contributed by atoms with Crippen LogP contribution in [-0.2, 0) is 4.79 Å². The highest BCUT2D eigenvalue weighted by atomic mass is 16.2. The molecule has 1 aromatic carbocycles. The molecule has 2 rings (SSSR count). The first-order valence-electron chi connectivity index (χ1n) is 5.29. The van der Waals surface area contributed by atoms with E-state index in [4.69, 9.17) is 11.5 Å². The van der Waals surface area contributed by atoms with Crippen LogP contribution in [0.3, 0.4) is 0 Å². The number of nitrogens with one attached hydrogen (secondary N) is 2. The second-order valence-electron chi connectivity index (χ2n) is 4.02. The SMILES string of the molecule is NC(=O)c1ccc(N)c(NC2CNC(=O)C2)c1. The van der Waals surface area contributed by atoms with E-state index >= 15 is 0 Å². The largest absolute Gasteiger partial charge is 0.397 e. The van der Waals surface area contributed by atoms with E-state index in [0.29, 0.717) is 29.9 Å². The van der Waals surface area contributed by atoms with Gasteiger partial charge in [0.05, 0.1) is 17.4 Å². The summed E-state index contributed by atoms with van der Waals surface area (Å²) in [6, 6.07) is 4.78. The Kier molecular flexibility index (Phi) is 2.86. The Balaban J connectivity index is 2.17. The van der Waals surface area contributed by atoms with Gasteiger partial charge in [-0.05, 0) is 18.2 Å². The molecule has 1 aromatic rings. The Morgan fingerprint density at radius 1 is 1.47 bits per heavy atom. The highest BCUT2D eigenvalue weighted by Gasteiger charge is 2.21. The van der Waals surface area contributed by atoms with E-state index in [1.165, 1.54) is 0 Å². The zero-order valence-corrected chi connectivity index (χ0v) is 9.19. The number of hydrogen-bond donors (Lipinski definition) is 4. The van der Waals surface area contributed by atoms with Crippen molar-refractivity contribution in [2.24, 2.45) is 5.73 Å². The molecule has 2 amide bonds. The Bertz CT molecular complexity index is 473. The number of benzene rings is 1. The molecule has 1 atom stereocenters. The average molecular weight is 234 g/mol. The highest BCUT2D eigenvalue weighted by Crippen LogP contribution is 2.22. The number of rotatable bonds is 3. The van der Waals surface area contributed by atoms with Crippen LogP contribution in [0.1, 0.15) is 16.8 Å². The van der Waals surface area contributed by atoms with Crippen LogP contribution >= 0.6 is 0 Å². The second-order valence-corrected chi connectivity index (χ2v) is 4.02. The van der Waals surface area contributed by atoms with Crippen molar-refractivity contribution in [2.75, 3.05) is 17.6 Å². The molecular weight excluding hydrogens is 220 g/mol. The molecule has 90 valence electrons. The van der Waals surface area contributed by atoms with Crippen molar-refractivity contribution in [3.05, 3.63) is 23.8 Å². The monoisotopic (exact) mass is 234 g/mol. The summed E-state index contributed by atoms with van der Waals surface area (Å²) in [5, 5.41) is 5.83. The van der Waals surface area contributed by atoms with Gasteiger partial charge in [0.25, 0.3) is 0 Å². The molecule has 6 nitrogen and oxygen atoms in total. The minimum atomic E-state index is -0.506. The standard InChI is InChI=1S/C11H14N4O2/c12-8-2-1-6(11(13)17)3-9(8)15-7-4-10(16)14-5-7/h1-3,7,15H,4-5,12H2,(H2,13,17)(H,14,16). The first-order chi connectivity index (χ1) is 8.06. The van der Waals surface area contributed by atoms with Gasteiger partial charge >= 0.3 is 0 Å². The van der Waals surface area contributed by atoms with Gasteiger partial charge in [-0.15, -0.1) is 0 Å². The fourth-order valence-corrected chi connectivity index (χ4v) is 1.76. The number of anilines is 2. The highest BCUT2D eigenvalue weighted by molar-refractivity contribution is 5.95. The van der Waals surface area contributed by atoms with Gasteiger partial charge < -0.3 is 22.1 Å². The quantitative estimate of drug-likeness (QED) is 0.536. The van der Waals surface area contributed by atoms with E-state index < -0.39 is 5.91 Å². The summed E-state index contributed by atoms with van der Waals surface area (Å²) in [5.41, 5.74) is 12.5. The van der Waals surface area contributed by atoms with E-state index in [2.05, 4.69) is 10.6 Å². The Morgan fingerprint density at radius 3 is 2.82 bits per heavy atom. The zero-order valence-electron chi connectivity index (χ0n) is 9.19. The van der Waals surface area contributed by atoms with Crippen LogP contribution < -0.4 is 22.1 Å². The third-order valence-corrected chi connectivity index (χ3v) is 2.67. The lowest BCUT2D eigenvalue weighted by Gasteiger charge is -2.14. The third kappa shape index (κ3) is 2.47. The molecule has 0 bridgehead atoms. The maximum absolute atomic E-state index is 11.0. The lowest BCUT2D eigenvalue weighted by molar-refractivity contribution is -0.119. The van der Waals surface area contributed by atoms with Crippen LogP contribution in [0, 0.1) is 0 Å². The van der Waals surface area contributed by atoms with E-state index in [9.17, 15) is 9.59 Å². The summed E-state index contributed by atoms with van der Waals surface area (Å²) in [6.07, 6.45) is 0.403. The van der Waals surface area contributed by atoms with Crippen LogP contribution in [0.5, 0.6) is 0 Å². The van der Waals surface area contributed by atoms with Crippen LogP contribution in [0.2, 0.25) is 0 Å². The number of hydrogen-bond acceptors (Lipinski definition) is 4. The molecule has 1 saturated heterocycles. The smallest absolute Gasteiger partial charge is 0.248 e. The molecule has 0 saturated carbocycles. The van der Waals surface area contributed by atoms with Crippen LogP contribution in [0.25, 0.3) is 0 Å². The number of nitrogens with two attached hydrogens (primary N) is 2. The minimum absolute atomic E-state index is 0.00655. The lowest BCUT2D eigenvalue weighted by Crippen LogP contribution is -2.23. The lowest BCUT2D eigenvalue weighted by atomic mass is 10.1. The average Bonchev–Trinajstić information content (AvgIpc) is 2.67. The Morgan fingerprint density at radius 2 is 2.24 bits per heavy atom. The van der Waals surface area contributed by atoms with E-state index in [0.717, 1.165) is 0 Å². The van der Waals surface area contributed by atoms with Crippen molar-refractivity contribution in [3.8, 4) is 0 Å². The number of nitrogen functional groups attached to an aromatic ring is 1. The molecule has 6 heteroatoms. The van der Waals surface area contributed by atoms with Crippen molar-refractivity contribution in [1.82, 2.24) is 5.32 Å². The maximum atomic E-state index is 11.0. The van der Waals surface area contributed by atoms with Crippen molar-refractivity contribution in [3.63, 3.8) is 0 Å². The van der Waals surface area contributed by atoms with Gasteiger partial charge in [0, 0.05) is 18.5 Å². The third-order valence-electron chi connectivity index (χ3n) is 2.67. The Hall–Kier alpha value is -2.24. The minimum Gasteiger partial charge on any atom is -0.397 e. The molecular formula is C11H14N4O2. The van der Waals surface area contributed by atoms with Crippen LogP contribution in [0.4, 0.5) is 11.4 Å². The molecule has 1 unspecified atom stereocenters. The predicted molar refractivity (Wildman–Crippen MR) is 64.4 cm³/mol. The summed E-state index contributed by atoms with van der Waals surface area (Å²) in [7, 11) is 0. The molecule has 1 fully saturated rings. The second kappa shape index (κ2) is 4.32. The van der Waals surface area contributed by atoms with Gasteiger partial charge in [-0.25, -0.2) is 0 Å². The summed E-state index contributed by atoms with van der Waals surface area (Å²) in [4.78, 5) is 22.1. The van der Waals surface area contributed by atoms with Gasteiger partial charge in [-0.1, -0.05) is 0 Å². The van der Waals surface area contributed by atoms with Crippen molar-refractivity contribution in [2.45, 2.75) is 12.5 Å². The van der Waals surface area contributed by atoms with Crippen molar-refractivity contribution >= 4 is 23.2 Å². The first-order valence-corrected chi connectivity index (χ1v) is 5.29. The van der Waals surface area contributed by atoms with Gasteiger partial charge in [0.15, 0.2) is 0 Å². The summed E-state index contributed by atoms with van der Waals surface area (Å²) in [5.74, 6) is -0.499. The topological polar surface area (TPSA) is 110 Å². The number of carbonyl (C=O) groups excluding carboxylic acids is 2. The molecule has 0 aromatic heterocycles. The molecule has 1 aliphatic heterocycles. The fraction of sp³-hybridized carbons (Fsp3) is 0.273. The zero-order chi connectivity index (χ0) is 12.4. The first kappa shape index (κ1) is 11.3. The molecule has 6 N–H and O–H groups in total. The van der Waals surface area contributed by atoms with Gasteiger partial charge in [0.2, 0.25) is 11.8 Å². The molecule has 0 spiro atoms. The normalized spacial score (nSPS) is 18.8. The molecule has 17 heavy (non-hydrogen) atoms. The van der Waals surface area contributed by atoms with Gasteiger partial charge in [0.1, 0.15) is 0 Å². The van der Waals surface area contributed by atoms with Crippen molar-refractivity contribution < 1.29 is 9.59 Å². The van der Waals surface area contributed by atoms with E-state index in [1.54, 1.807) is 18.2 Å². The molecule has 0 radical (unpaired) electrons. The summed E-state index contributed by atoms with van der Waals surface area (Å²) in [6.45, 7) is 0.555. The maximum Gasteiger partial charge on any atom is 0.248 e. The molecule has 1 aliphatic rings. The number of primary amides is 1. The molecule has 1 heterocycles. The fourth-order valence-electron chi connectivity index (χ4n) is 1.76. The Labute approximate surface area is 98.4 Å². The van der Waals surface area contributed by atoms with Gasteiger partial charge in [-0.3, -0.25) is 9.59 Å². The van der Waals surface area contributed by atoms with E-state index in [1.807, 2.05) is 0 Å². The van der Waals surface area contributed by atoms with Gasteiger partial charge in [-0.2, -0.15) is 0 Å². The van der Waals surface area contributed by atoms with Crippen LogP contribution in [-0.4, -0.2) is 24.4 Å². The number of carbonyl (C=O) groups is 2. The van der Waals surface area contributed by atoms with Crippen LogP contribution in [0.15, 0.2) is 18.2 Å². The number of amides is 2.